The average molecular weight is 411 g/mol. The van der Waals surface area contributed by atoms with Gasteiger partial charge in [-0.3, -0.25) is 9.10 Å². The number of nitrogens with one attached hydrogen (secondary N) is 1. The molecule has 0 heterocycles. The number of anilines is 2. The fraction of sp³-hybridized carbons (Fsp3) is 0.316. The number of nitrogens with zero attached hydrogens (tertiary/aromatic N) is 1. The molecule has 1 N–H and O–H groups in total. The highest BCUT2D eigenvalue weighted by atomic mass is 35.5. The number of hydrogen-bond acceptors (Lipinski definition) is 4. The smallest absolute Gasteiger partial charge is 0.245 e. The molecule has 1 amide bonds. The van der Waals surface area contributed by atoms with E-state index in [-0.39, 0.29) is 6.54 Å². The van der Waals surface area contributed by atoms with E-state index in [4.69, 9.17) is 16.3 Å². The molecule has 8 heteroatoms. The number of carbonyl (C=O) groups excluding carboxylic acids is 1. The van der Waals surface area contributed by atoms with Gasteiger partial charge in [-0.15, -0.1) is 0 Å². The summed E-state index contributed by atoms with van der Waals surface area (Å²) in [6.07, 6.45) is 1.08. The Kier molecular flexibility index (Phi) is 6.38. The Hall–Kier alpha value is -2.25. The van der Waals surface area contributed by atoms with Crippen LogP contribution in [0.2, 0.25) is 5.02 Å². The number of amides is 1. The molecule has 0 fully saturated rings. The predicted octanol–water partition coefficient (Wildman–Crippen LogP) is 3.68. The van der Waals surface area contributed by atoms with E-state index in [9.17, 15) is 13.2 Å². The van der Waals surface area contributed by atoms with E-state index in [1.165, 1.54) is 7.11 Å². The predicted molar refractivity (Wildman–Crippen MR) is 109 cm³/mol. The van der Waals surface area contributed by atoms with Crippen LogP contribution in [0.15, 0.2) is 30.3 Å². The third-order valence-electron chi connectivity index (χ3n) is 4.01. The molecule has 0 aliphatic heterocycles. The second kappa shape index (κ2) is 8.19. The van der Waals surface area contributed by atoms with Crippen LogP contribution in [0, 0.1) is 20.8 Å². The van der Waals surface area contributed by atoms with Crippen LogP contribution in [0.1, 0.15) is 16.7 Å². The molecule has 0 aliphatic carbocycles. The molecule has 0 spiro atoms. The Morgan fingerprint density at radius 1 is 1.15 bits per heavy atom. The molecule has 0 radical (unpaired) electrons. The van der Waals surface area contributed by atoms with Crippen molar-refractivity contribution >= 4 is 38.9 Å². The Morgan fingerprint density at radius 2 is 1.74 bits per heavy atom. The number of rotatable bonds is 6. The Bertz CT molecular complexity index is 951. The SMILES string of the molecule is COc1ccc(Cl)cc1NC(=O)CN(c1c(C)cc(C)cc1C)S(C)(=O)=O. The molecule has 6 nitrogen and oxygen atoms in total. The van der Waals surface area contributed by atoms with Gasteiger partial charge in [0.25, 0.3) is 0 Å². The molecule has 0 saturated carbocycles. The minimum absolute atomic E-state index is 0.362. The number of halogens is 1. The van der Waals surface area contributed by atoms with Crippen LogP contribution in [0.5, 0.6) is 5.75 Å². The van der Waals surface area contributed by atoms with Crippen molar-refractivity contribution < 1.29 is 17.9 Å². The van der Waals surface area contributed by atoms with Gasteiger partial charge in [0.15, 0.2) is 0 Å². The van der Waals surface area contributed by atoms with Gasteiger partial charge in [0.05, 0.1) is 24.7 Å². The van der Waals surface area contributed by atoms with Gasteiger partial charge in [0, 0.05) is 5.02 Å². The van der Waals surface area contributed by atoms with Crippen LogP contribution in [-0.2, 0) is 14.8 Å². The zero-order chi connectivity index (χ0) is 20.4. The Balaban J connectivity index is 2.36. The van der Waals surface area contributed by atoms with E-state index in [2.05, 4.69) is 5.32 Å². The van der Waals surface area contributed by atoms with Crippen molar-refractivity contribution in [3.8, 4) is 5.75 Å². The number of ether oxygens (including phenoxy) is 1. The molecule has 2 rings (SSSR count). The highest BCUT2D eigenvalue weighted by molar-refractivity contribution is 7.92. The number of benzene rings is 2. The number of hydrogen-bond donors (Lipinski definition) is 1. The van der Waals surface area contributed by atoms with Crippen LogP contribution in [0.3, 0.4) is 0 Å². The maximum Gasteiger partial charge on any atom is 0.245 e. The highest BCUT2D eigenvalue weighted by Crippen LogP contribution is 2.30. The molecule has 27 heavy (non-hydrogen) atoms. The maximum absolute atomic E-state index is 12.6. The lowest BCUT2D eigenvalue weighted by molar-refractivity contribution is -0.114. The normalized spacial score (nSPS) is 11.2. The van der Waals surface area contributed by atoms with Crippen LogP contribution < -0.4 is 14.4 Å². The van der Waals surface area contributed by atoms with Crippen molar-refractivity contribution in [3.05, 3.63) is 52.0 Å². The van der Waals surface area contributed by atoms with Gasteiger partial charge in [-0.05, 0) is 50.1 Å². The largest absolute Gasteiger partial charge is 0.495 e. The molecule has 0 bridgehead atoms. The van der Waals surface area contributed by atoms with Gasteiger partial charge in [0.1, 0.15) is 12.3 Å². The first-order valence-corrected chi connectivity index (χ1v) is 10.4. The quantitative estimate of drug-likeness (QED) is 0.788. The summed E-state index contributed by atoms with van der Waals surface area (Å²) in [5, 5.41) is 3.10. The summed E-state index contributed by atoms with van der Waals surface area (Å²) < 4.78 is 31.1. The zero-order valence-corrected chi connectivity index (χ0v) is 17.5. The molecule has 2 aromatic carbocycles. The number of carbonyl (C=O) groups is 1. The van der Waals surface area contributed by atoms with E-state index < -0.39 is 15.9 Å². The third kappa shape index (κ3) is 5.14. The fourth-order valence-corrected chi connectivity index (χ4v) is 4.17. The summed E-state index contributed by atoms with van der Waals surface area (Å²) in [5.41, 5.74) is 3.48. The number of sulfonamides is 1. The van der Waals surface area contributed by atoms with Crippen LogP contribution in [0.4, 0.5) is 11.4 Å². The third-order valence-corrected chi connectivity index (χ3v) is 5.36. The lowest BCUT2D eigenvalue weighted by Crippen LogP contribution is -2.38. The Morgan fingerprint density at radius 3 is 2.26 bits per heavy atom. The fourth-order valence-electron chi connectivity index (χ4n) is 3.03. The van der Waals surface area contributed by atoms with E-state index in [1.54, 1.807) is 18.2 Å². The average Bonchev–Trinajstić information content (AvgIpc) is 2.52. The van der Waals surface area contributed by atoms with Gasteiger partial charge < -0.3 is 10.1 Å². The first-order valence-electron chi connectivity index (χ1n) is 8.22. The number of methoxy groups -OCH3 is 1. The molecule has 0 atom stereocenters. The topological polar surface area (TPSA) is 75.7 Å². The minimum atomic E-state index is -3.67. The zero-order valence-electron chi connectivity index (χ0n) is 16.0. The van der Waals surface area contributed by atoms with Crippen molar-refractivity contribution in [2.75, 3.05) is 29.5 Å². The molecular formula is C19H23ClN2O4S. The summed E-state index contributed by atoms with van der Waals surface area (Å²) >= 11 is 5.97. The van der Waals surface area contributed by atoms with Gasteiger partial charge in [-0.1, -0.05) is 29.3 Å². The minimum Gasteiger partial charge on any atom is -0.495 e. The molecule has 146 valence electrons. The summed E-state index contributed by atoms with van der Waals surface area (Å²) in [6, 6.07) is 8.58. The van der Waals surface area contributed by atoms with Crippen molar-refractivity contribution in [2.24, 2.45) is 0 Å². The van der Waals surface area contributed by atoms with Gasteiger partial charge in [-0.2, -0.15) is 0 Å². The summed E-state index contributed by atoms with van der Waals surface area (Å²) in [4.78, 5) is 12.6. The molecule has 0 aliphatic rings. The summed E-state index contributed by atoms with van der Waals surface area (Å²) in [5.74, 6) is -0.0679. The van der Waals surface area contributed by atoms with E-state index in [1.807, 2.05) is 32.9 Å². The van der Waals surface area contributed by atoms with E-state index in [0.29, 0.717) is 22.1 Å². The second-order valence-corrected chi connectivity index (χ2v) is 8.75. The maximum atomic E-state index is 12.6. The van der Waals surface area contributed by atoms with Gasteiger partial charge in [0.2, 0.25) is 15.9 Å². The first-order chi connectivity index (χ1) is 12.5. The highest BCUT2D eigenvalue weighted by Gasteiger charge is 2.24. The first kappa shape index (κ1) is 21.1. The second-order valence-electron chi connectivity index (χ2n) is 6.41. The van der Waals surface area contributed by atoms with Crippen molar-refractivity contribution in [1.29, 1.82) is 0 Å². The van der Waals surface area contributed by atoms with Crippen molar-refractivity contribution in [2.45, 2.75) is 20.8 Å². The standard InChI is InChI=1S/C19H23ClN2O4S/c1-12-8-13(2)19(14(3)9-12)22(27(5,24)25)11-18(23)21-16-10-15(20)6-7-17(16)26-4/h6-10H,11H2,1-5H3,(H,21,23). The van der Waals surface area contributed by atoms with E-state index in [0.717, 1.165) is 27.3 Å². The summed E-state index contributed by atoms with van der Waals surface area (Å²) in [6.45, 7) is 5.22. The van der Waals surface area contributed by atoms with Crippen LogP contribution in [0.25, 0.3) is 0 Å². The molecule has 0 unspecified atom stereocenters. The lowest BCUT2D eigenvalue weighted by Gasteiger charge is -2.26. The van der Waals surface area contributed by atoms with Crippen molar-refractivity contribution in [1.82, 2.24) is 0 Å². The molecule has 0 saturated heterocycles. The number of aryl methyl sites for hydroxylation is 3. The van der Waals surface area contributed by atoms with E-state index >= 15 is 0 Å². The Labute approximate surface area is 165 Å². The van der Waals surface area contributed by atoms with Gasteiger partial charge >= 0.3 is 0 Å². The lowest BCUT2D eigenvalue weighted by atomic mass is 10.1. The van der Waals surface area contributed by atoms with Crippen molar-refractivity contribution in [3.63, 3.8) is 0 Å². The molecular weight excluding hydrogens is 388 g/mol. The van der Waals surface area contributed by atoms with Crippen LogP contribution >= 0.6 is 11.6 Å². The monoisotopic (exact) mass is 410 g/mol. The molecule has 0 aromatic heterocycles. The molecule has 2 aromatic rings. The van der Waals surface area contributed by atoms with Crippen LogP contribution in [-0.4, -0.2) is 34.2 Å². The van der Waals surface area contributed by atoms with Gasteiger partial charge in [-0.25, -0.2) is 8.42 Å². The summed E-state index contributed by atoms with van der Waals surface area (Å²) in [7, 11) is -2.20.